The minimum absolute atomic E-state index is 0.168. The molecule has 8 heteroatoms. The van der Waals surface area contributed by atoms with Gasteiger partial charge in [0.25, 0.3) is 0 Å². The molecule has 2 aromatic heterocycles. The van der Waals surface area contributed by atoms with Crippen LogP contribution in [0.25, 0.3) is 11.3 Å². The fourth-order valence-corrected chi connectivity index (χ4v) is 4.16. The smallest absolute Gasteiger partial charge is 0.407 e. The van der Waals surface area contributed by atoms with Gasteiger partial charge in [-0.25, -0.2) is 9.78 Å². The number of hydrogen-bond donors (Lipinski definition) is 2. The van der Waals surface area contributed by atoms with Gasteiger partial charge < -0.3 is 15.3 Å². The summed E-state index contributed by atoms with van der Waals surface area (Å²) in [5.74, 6) is -0.871. The molecule has 7 nitrogen and oxygen atoms in total. The molecule has 1 fully saturated rings. The molecule has 1 aliphatic heterocycles. The summed E-state index contributed by atoms with van der Waals surface area (Å²) in [7, 11) is 0. The summed E-state index contributed by atoms with van der Waals surface area (Å²) < 4.78 is 0. The van der Waals surface area contributed by atoms with Crippen molar-refractivity contribution in [2.75, 3.05) is 18.4 Å². The van der Waals surface area contributed by atoms with Gasteiger partial charge in [0.05, 0.1) is 11.6 Å². The van der Waals surface area contributed by atoms with Crippen LogP contribution in [0.4, 0.5) is 9.93 Å². The van der Waals surface area contributed by atoms with Crippen molar-refractivity contribution in [3.8, 4) is 11.3 Å². The van der Waals surface area contributed by atoms with Gasteiger partial charge in [-0.05, 0) is 17.7 Å². The van der Waals surface area contributed by atoms with E-state index in [2.05, 4.69) is 15.3 Å². The summed E-state index contributed by atoms with van der Waals surface area (Å²) in [6.45, 7) is 0.470. The Kier molecular flexibility index (Phi) is 5.03. The molecule has 0 unspecified atom stereocenters. The number of likely N-dealkylation sites (tertiary alicyclic amines) is 1. The van der Waals surface area contributed by atoms with Crippen molar-refractivity contribution in [1.29, 1.82) is 0 Å². The van der Waals surface area contributed by atoms with Crippen molar-refractivity contribution in [2.45, 2.75) is 5.92 Å². The van der Waals surface area contributed by atoms with E-state index in [0.717, 1.165) is 16.8 Å². The van der Waals surface area contributed by atoms with Gasteiger partial charge in [0, 0.05) is 42.3 Å². The van der Waals surface area contributed by atoms with Gasteiger partial charge >= 0.3 is 6.09 Å². The Hall–Kier alpha value is -3.26. The summed E-state index contributed by atoms with van der Waals surface area (Å²) in [5, 5.41) is 14.6. The standard InChI is InChI=1S/C20H18N4O3S/c25-18(23-19-22-17(12-28-19)14-7-4-8-21-9-14)16-11-24(20(26)27)10-15(16)13-5-2-1-3-6-13/h1-9,12,15-16H,10-11H2,(H,26,27)(H,22,23,25)/t15-,16+/m1/s1. The van der Waals surface area contributed by atoms with Gasteiger partial charge in [-0.2, -0.15) is 0 Å². The third-order valence-electron chi connectivity index (χ3n) is 4.85. The predicted molar refractivity (Wildman–Crippen MR) is 106 cm³/mol. The fourth-order valence-electron chi connectivity index (χ4n) is 3.44. The number of nitrogens with zero attached hydrogens (tertiary/aromatic N) is 3. The number of anilines is 1. The van der Waals surface area contributed by atoms with E-state index >= 15 is 0 Å². The molecule has 0 bridgehead atoms. The van der Waals surface area contributed by atoms with E-state index in [1.807, 2.05) is 47.8 Å². The Labute approximate surface area is 165 Å². The van der Waals surface area contributed by atoms with Crippen molar-refractivity contribution in [2.24, 2.45) is 5.92 Å². The molecule has 142 valence electrons. The number of nitrogens with one attached hydrogen (secondary N) is 1. The van der Waals surface area contributed by atoms with Gasteiger partial charge in [0.15, 0.2) is 5.13 Å². The normalized spacial score (nSPS) is 18.8. The summed E-state index contributed by atoms with van der Waals surface area (Å²) in [6, 6.07) is 13.3. The molecule has 4 rings (SSSR count). The highest BCUT2D eigenvalue weighted by Gasteiger charge is 2.40. The van der Waals surface area contributed by atoms with E-state index in [9.17, 15) is 14.7 Å². The molecule has 0 aliphatic carbocycles. The van der Waals surface area contributed by atoms with E-state index in [0.29, 0.717) is 11.7 Å². The largest absolute Gasteiger partial charge is 0.465 e. The molecule has 3 aromatic rings. The second-order valence-electron chi connectivity index (χ2n) is 6.58. The van der Waals surface area contributed by atoms with Crippen molar-refractivity contribution < 1.29 is 14.7 Å². The molecule has 28 heavy (non-hydrogen) atoms. The molecule has 3 heterocycles. The maximum Gasteiger partial charge on any atom is 0.407 e. The van der Waals surface area contributed by atoms with Crippen molar-refractivity contribution in [3.05, 3.63) is 65.8 Å². The molecule has 2 N–H and O–H groups in total. The minimum Gasteiger partial charge on any atom is -0.465 e. The summed E-state index contributed by atoms with van der Waals surface area (Å²) in [6.07, 6.45) is 2.40. The van der Waals surface area contributed by atoms with Crippen LogP contribution in [0.5, 0.6) is 0 Å². The summed E-state index contributed by atoms with van der Waals surface area (Å²) in [4.78, 5) is 34.2. The Morgan fingerprint density at radius 3 is 2.68 bits per heavy atom. The number of hydrogen-bond acceptors (Lipinski definition) is 5. The number of amides is 2. The Balaban J connectivity index is 1.53. The number of thiazole rings is 1. The second kappa shape index (κ2) is 7.77. The molecule has 1 aliphatic rings. The van der Waals surface area contributed by atoms with Crippen molar-refractivity contribution >= 4 is 28.5 Å². The lowest BCUT2D eigenvalue weighted by atomic mass is 9.88. The quantitative estimate of drug-likeness (QED) is 0.706. The van der Waals surface area contributed by atoms with Crippen LogP contribution in [0.1, 0.15) is 11.5 Å². The third-order valence-corrected chi connectivity index (χ3v) is 5.60. The molecule has 0 spiro atoms. The van der Waals surface area contributed by atoms with Gasteiger partial charge in [-0.15, -0.1) is 11.3 Å². The van der Waals surface area contributed by atoms with Gasteiger partial charge in [-0.3, -0.25) is 9.78 Å². The highest BCUT2D eigenvalue weighted by atomic mass is 32.1. The number of carboxylic acid groups (broad SMARTS) is 1. The first-order valence-electron chi connectivity index (χ1n) is 8.81. The molecule has 2 amide bonds. The Morgan fingerprint density at radius 2 is 1.96 bits per heavy atom. The number of rotatable bonds is 4. The molecule has 0 radical (unpaired) electrons. The van der Waals surface area contributed by atoms with Crippen LogP contribution in [0, 0.1) is 5.92 Å². The molecular formula is C20H18N4O3S. The summed E-state index contributed by atoms with van der Waals surface area (Å²) in [5.41, 5.74) is 2.58. The Bertz CT molecular complexity index is 977. The zero-order valence-electron chi connectivity index (χ0n) is 14.9. The molecule has 0 saturated carbocycles. The number of aromatic nitrogens is 2. The van der Waals surface area contributed by atoms with E-state index in [1.54, 1.807) is 12.4 Å². The van der Waals surface area contributed by atoms with Gasteiger partial charge in [-0.1, -0.05) is 30.3 Å². The van der Waals surface area contributed by atoms with Crippen LogP contribution in [0.15, 0.2) is 60.2 Å². The Morgan fingerprint density at radius 1 is 1.14 bits per heavy atom. The minimum atomic E-state index is -1.01. The molecule has 1 saturated heterocycles. The molecule has 1 aromatic carbocycles. The lowest BCUT2D eigenvalue weighted by Gasteiger charge is -2.17. The first-order valence-corrected chi connectivity index (χ1v) is 9.69. The predicted octanol–water partition coefficient (Wildman–Crippen LogP) is 3.54. The van der Waals surface area contributed by atoms with E-state index in [1.165, 1.54) is 16.2 Å². The van der Waals surface area contributed by atoms with E-state index in [4.69, 9.17) is 0 Å². The first-order chi connectivity index (χ1) is 13.6. The van der Waals surface area contributed by atoms with Gasteiger partial charge in [0.2, 0.25) is 5.91 Å². The van der Waals surface area contributed by atoms with Crippen LogP contribution >= 0.6 is 11.3 Å². The third kappa shape index (κ3) is 3.72. The van der Waals surface area contributed by atoms with Gasteiger partial charge in [0.1, 0.15) is 0 Å². The highest BCUT2D eigenvalue weighted by molar-refractivity contribution is 7.14. The number of benzene rings is 1. The maximum absolute atomic E-state index is 12.9. The zero-order chi connectivity index (χ0) is 19.5. The number of pyridine rings is 1. The fraction of sp³-hybridized carbons (Fsp3) is 0.200. The SMILES string of the molecule is O=C(Nc1nc(-c2cccnc2)cs1)[C@H]1CN(C(=O)O)C[C@@H]1c1ccccc1. The first kappa shape index (κ1) is 18.1. The van der Waals surface area contributed by atoms with Crippen LogP contribution in [-0.2, 0) is 4.79 Å². The second-order valence-corrected chi connectivity index (χ2v) is 7.44. The average molecular weight is 394 g/mol. The molecular weight excluding hydrogens is 376 g/mol. The molecule has 2 atom stereocenters. The van der Waals surface area contributed by atoms with Crippen molar-refractivity contribution in [1.82, 2.24) is 14.9 Å². The lowest BCUT2D eigenvalue weighted by molar-refractivity contribution is -0.119. The number of carbonyl (C=O) groups is 2. The topological polar surface area (TPSA) is 95.4 Å². The van der Waals surface area contributed by atoms with E-state index < -0.39 is 12.0 Å². The summed E-state index contributed by atoms with van der Waals surface area (Å²) >= 11 is 1.33. The van der Waals surface area contributed by atoms with Crippen LogP contribution < -0.4 is 5.32 Å². The average Bonchev–Trinajstić information content (AvgIpc) is 3.37. The zero-order valence-corrected chi connectivity index (χ0v) is 15.7. The number of carbonyl (C=O) groups excluding carboxylic acids is 1. The highest BCUT2D eigenvalue weighted by Crippen LogP contribution is 2.34. The van der Waals surface area contributed by atoms with Crippen LogP contribution in [0.2, 0.25) is 0 Å². The van der Waals surface area contributed by atoms with Crippen molar-refractivity contribution in [3.63, 3.8) is 0 Å². The van der Waals surface area contributed by atoms with Crippen LogP contribution in [-0.4, -0.2) is 45.1 Å². The monoisotopic (exact) mass is 394 g/mol. The van der Waals surface area contributed by atoms with E-state index in [-0.39, 0.29) is 18.4 Å². The maximum atomic E-state index is 12.9. The van der Waals surface area contributed by atoms with Crippen LogP contribution in [0.3, 0.4) is 0 Å². The lowest BCUT2D eigenvalue weighted by Crippen LogP contribution is -2.30.